The number of piperidine rings is 1. The summed E-state index contributed by atoms with van der Waals surface area (Å²) in [4.78, 5) is 65.8. The topological polar surface area (TPSA) is 116 Å². The number of aromatic hydroxyl groups is 1. The van der Waals surface area contributed by atoms with Crippen LogP contribution in [0.2, 0.25) is 5.02 Å². The van der Waals surface area contributed by atoms with Crippen LogP contribution in [-0.4, -0.2) is 67.4 Å². The van der Waals surface area contributed by atoms with Gasteiger partial charge in [-0.15, -0.1) is 17.9 Å². The number of aryl methyl sites for hydroxylation is 2. The number of anilines is 1. The van der Waals surface area contributed by atoms with Gasteiger partial charge in [-0.25, -0.2) is 4.90 Å². The summed E-state index contributed by atoms with van der Waals surface area (Å²) in [6.07, 6.45) is 6.17. The molecule has 5 aromatic rings. The van der Waals surface area contributed by atoms with E-state index in [4.69, 9.17) is 16.7 Å². The molecule has 61 heavy (non-hydrogen) atoms. The molecule has 12 heteroatoms. The molecule has 0 bridgehead atoms. The number of hydrogen-bond donors (Lipinski definition) is 1. The summed E-state index contributed by atoms with van der Waals surface area (Å²) in [7, 11) is 1.74. The van der Waals surface area contributed by atoms with Crippen molar-refractivity contribution in [1.29, 1.82) is 0 Å². The van der Waals surface area contributed by atoms with Gasteiger partial charge in [0, 0.05) is 60.0 Å². The number of aromatic nitrogens is 2. The molecule has 2 aliphatic carbocycles. The Morgan fingerprint density at radius 3 is 2.49 bits per heavy atom. The average molecular weight is 854 g/mol. The number of carbonyl (C=O) groups is 4. The summed E-state index contributed by atoms with van der Waals surface area (Å²) in [6, 6.07) is 23.2. The van der Waals surface area contributed by atoms with Crippen LogP contribution in [-0.2, 0) is 39.2 Å². The molecule has 1 saturated carbocycles. The fourth-order valence-electron chi connectivity index (χ4n) is 11.5. The van der Waals surface area contributed by atoms with Gasteiger partial charge < -0.3 is 5.11 Å². The second-order valence-corrected chi connectivity index (χ2v) is 19.2. The van der Waals surface area contributed by atoms with Crippen molar-refractivity contribution in [3.63, 3.8) is 0 Å². The number of fused-ring (bicyclic) bond motifs is 5. The van der Waals surface area contributed by atoms with Crippen molar-refractivity contribution in [3.05, 3.63) is 124 Å². The fourth-order valence-corrected chi connectivity index (χ4v) is 12.8. The predicted octanol–water partition coefficient (Wildman–Crippen LogP) is 8.59. The maximum Gasteiger partial charge on any atom is 0.242 e. The summed E-state index contributed by atoms with van der Waals surface area (Å²) in [5, 5.41) is 18.5. The molecule has 4 amide bonds. The van der Waals surface area contributed by atoms with E-state index >= 15 is 9.59 Å². The van der Waals surface area contributed by atoms with Gasteiger partial charge in [0.05, 0.1) is 28.0 Å². The quantitative estimate of drug-likeness (QED) is 0.123. The summed E-state index contributed by atoms with van der Waals surface area (Å²) in [5.74, 6) is -3.90. The van der Waals surface area contributed by atoms with Gasteiger partial charge in [0.15, 0.2) is 0 Å². The number of para-hydroxylation sites is 1. The minimum atomic E-state index is -1.32. The number of nitrogens with zero attached hydrogens (tertiary/aromatic N) is 5. The average Bonchev–Trinajstić information content (AvgIpc) is 3.92. The lowest BCUT2D eigenvalue weighted by atomic mass is 9.51. The Morgan fingerprint density at radius 2 is 1.74 bits per heavy atom. The molecule has 0 spiro atoms. The minimum absolute atomic E-state index is 0.0515. The fraction of sp³-hybridized carbons (Fsp3) is 0.367. The van der Waals surface area contributed by atoms with E-state index < -0.39 is 35.0 Å². The largest absolute Gasteiger partial charge is 0.507 e. The zero-order valence-electron chi connectivity index (χ0n) is 34.5. The van der Waals surface area contributed by atoms with Gasteiger partial charge >= 0.3 is 0 Å². The number of rotatable bonds is 8. The third-order valence-corrected chi connectivity index (χ3v) is 16.1. The lowest BCUT2D eigenvalue weighted by molar-refractivity contribution is -0.144. The van der Waals surface area contributed by atoms with Gasteiger partial charge in [-0.3, -0.25) is 33.7 Å². The van der Waals surface area contributed by atoms with Crippen molar-refractivity contribution in [1.82, 2.24) is 19.6 Å². The van der Waals surface area contributed by atoms with E-state index in [1.54, 1.807) is 40.1 Å². The number of phenolic OH excluding ortho intramolecular Hbond substituents is 1. The molecule has 3 saturated heterocycles. The second kappa shape index (κ2) is 14.9. The summed E-state index contributed by atoms with van der Waals surface area (Å²) >= 11 is 7.93. The van der Waals surface area contributed by atoms with E-state index in [1.807, 2.05) is 74.5 Å². The van der Waals surface area contributed by atoms with Crippen molar-refractivity contribution in [2.75, 3.05) is 18.0 Å². The van der Waals surface area contributed by atoms with Gasteiger partial charge in [0.1, 0.15) is 17.3 Å². The molecule has 5 heterocycles. The van der Waals surface area contributed by atoms with Crippen LogP contribution in [0.4, 0.5) is 5.82 Å². The number of carbonyl (C=O) groups excluding carboxylic acids is 4. The van der Waals surface area contributed by atoms with Crippen molar-refractivity contribution >= 4 is 62.5 Å². The molecular formula is C49H48ClN5O5S. The van der Waals surface area contributed by atoms with Crippen LogP contribution in [0.3, 0.4) is 0 Å². The smallest absolute Gasteiger partial charge is 0.242 e. The van der Waals surface area contributed by atoms with Crippen molar-refractivity contribution < 1.29 is 24.3 Å². The number of allylic oxidation sites excluding steroid dienone is 3. The number of amides is 4. The molecule has 10 nitrogen and oxygen atoms in total. The monoisotopic (exact) mass is 853 g/mol. The van der Waals surface area contributed by atoms with Crippen LogP contribution < -0.4 is 4.90 Å². The number of thiophene rings is 1. The highest BCUT2D eigenvalue weighted by Crippen LogP contribution is 2.65. The van der Waals surface area contributed by atoms with Crippen LogP contribution in [0.5, 0.6) is 5.75 Å². The summed E-state index contributed by atoms with van der Waals surface area (Å²) in [6.45, 7) is 10.1. The Kier molecular flexibility index (Phi) is 9.73. The van der Waals surface area contributed by atoms with Crippen LogP contribution in [0.1, 0.15) is 60.8 Å². The number of phenols is 1. The normalized spacial score (nSPS) is 26.8. The Bertz CT molecular complexity index is 2700. The van der Waals surface area contributed by atoms with E-state index in [0.717, 1.165) is 45.7 Å². The van der Waals surface area contributed by atoms with Gasteiger partial charge in [-0.1, -0.05) is 77.9 Å². The summed E-state index contributed by atoms with van der Waals surface area (Å²) in [5.41, 5.74) is 3.61. The van der Waals surface area contributed by atoms with Crippen molar-refractivity contribution in [3.8, 4) is 16.3 Å². The van der Waals surface area contributed by atoms with Crippen LogP contribution >= 0.6 is 22.9 Å². The molecule has 10 rings (SSSR count). The molecule has 6 unspecified atom stereocenters. The van der Waals surface area contributed by atoms with E-state index in [1.165, 1.54) is 10.5 Å². The third-order valence-electron chi connectivity index (χ3n) is 14.5. The summed E-state index contributed by atoms with van der Waals surface area (Å²) < 4.78 is 2.64. The van der Waals surface area contributed by atoms with Crippen molar-refractivity contribution in [2.24, 2.45) is 36.1 Å². The van der Waals surface area contributed by atoms with Crippen LogP contribution in [0.15, 0.2) is 97.1 Å². The Labute approximate surface area is 364 Å². The highest BCUT2D eigenvalue weighted by molar-refractivity contribution is 7.22. The molecule has 4 fully saturated rings. The molecule has 1 N–H and O–H groups in total. The Morgan fingerprint density at radius 1 is 0.967 bits per heavy atom. The molecule has 2 aromatic heterocycles. The van der Waals surface area contributed by atoms with E-state index in [2.05, 4.69) is 23.6 Å². The first-order chi connectivity index (χ1) is 29.4. The number of halogens is 1. The van der Waals surface area contributed by atoms with Gasteiger partial charge in [-0.2, -0.15) is 5.10 Å². The highest BCUT2D eigenvalue weighted by atomic mass is 35.5. The maximum atomic E-state index is 15.3. The van der Waals surface area contributed by atoms with E-state index in [9.17, 15) is 14.7 Å². The molecule has 0 radical (unpaired) electrons. The van der Waals surface area contributed by atoms with Gasteiger partial charge in [-0.05, 0) is 92.1 Å². The Hall–Kier alpha value is -5.36. The lowest BCUT2D eigenvalue weighted by Crippen LogP contribution is -2.49. The van der Waals surface area contributed by atoms with E-state index in [-0.39, 0.29) is 41.8 Å². The van der Waals surface area contributed by atoms with Crippen LogP contribution in [0.25, 0.3) is 20.7 Å². The first-order valence-corrected chi connectivity index (χ1v) is 22.5. The molecule has 312 valence electrons. The zero-order chi connectivity index (χ0) is 42.5. The number of benzene rings is 3. The first-order valence-electron chi connectivity index (χ1n) is 21.3. The second-order valence-electron chi connectivity index (χ2n) is 17.8. The van der Waals surface area contributed by atoms with Crippen LogP contribution in [0, 0.1) is 36.0 Å². The maximum absolute atomic E-state index is 15.3. The number of likely N-dealkylation sites (tertiary alicyclic amines) is 2. The molecular weight excluding hydrogens is 806 g/mol. The predicted molar refractivity (Wildman–Crippen MR) is 237 cm³/mol. The van der Waals surface area contributed by atoms with Gasteiger partial charge in [0.2, 0.25) is 23.6 Å². The third kappa shape index (κ3) is 6.09. The molecule has 6 atom stereocenters. The van der Waals surface area contributed by atoms with Crippen molar-refractivity contribution in [2.45, 2.75) is 64.5 Å². The first kappa shape index (κ1) is 39.8. The number of hydrogen-bond acceptors (Lipinski definition) is 8. The van der Waals surface area contributed by atoms with Gasteiger partial charge in [0.25, 0.3) is 0 Å². The number of imide groups is 2. The lowest BCUT2D eigenvalue weighted by Gasteiger charge is -2.49. The highest BCUT2D eigenvalue weighted by Gasteiger charge is 2.68. The SMILES string of the molecule is C=CCc1cccc(C2C3=CCC4C(=O)N(C5CCN(Cc6ccccc6)CC5)C(=O)C4C3CC3C(=O)N(c4cc(-c5sc6ccc(Cl)cc6c5C)nn4C)C(=O)C32C)c1O. The molecule has 3 aromatic carbocycles. The standard InChI is InChI=1S/C49H48ClN5O5S/c1-5-10-29-13-9-14-34(43(29)56)42-32-16-17-33-41(47(59)54(45(33)57)31-19-21-53(22-20-31)26-28-11-7-6-8-12-28)36(32)24-37-46(58)55(48(60)49(37,42)3)40-25-38(51-52(40)4)44-27(2)35-23-30(50)15-18-39(35)61-44/h5-9,11-16,18,23,25,31,33,36-37,41-42,56H,1,10,17,19-22,24,26H2,2-4H3. The minimum Gasteiger partial charge on any atom is -0.507 e. The van der Waals surface area contributed by atoms with E-state index in [0.29, 0.717) is 53.3 Å². The molecule has 3 aliphatic heterocycles. The molecule has 5 aliphatic rings. The Balaban J connectivity index is 1.01. The zero-order valence-corrected chi connectivity index (χ0v) is 36.1.